The molecule has 2 rings (SSSR count). The lowest BCUT2D eigenvalue weighted by molar-refractivity contribution is -0.128. The quantitative estimate of drug-likeness (QED) is 0.270. The first-order valence-electron chi connectivity index (χ1n) is 11.8. The van der Waals surface area contributed by atoms with Crippen LogP contribution in [0.25, 0.3) is 0 Å². The smallest absolute Gasteiger partial charge is 0.407 e. The second-order valence-corrected chi connectivity index (χ2v) is 12.9. The molecule has 0 radical (unpaired) electrons. The summed E-state index contributed by atoms with van der Waals surface area (Å²) in [6, 6.07) is 4.42. The Morgan fingerprint density at radius 1 is 1.22 bits per heavy atom. The lowest BCUT2D eigenvalue weighted by Crippen LogP contribution is -2.58. The van der Waals surface area contributed by atoms with Crippen LogP contribution in [0.3, 0.4) is 0 Å². The average Bonchev–Trinajstić information content (AvgIpc) is 3.18. The minimum atomic E-state index is -4.96. The van der Waals surface area contributed by atoms with E-state index in [4.69, 9.17) is 16.3 Å². The molecule has 5 N–H and O–H groups in total. The molecule has 13 heteroatoms. The maximum atomic E-state index is 13.2. The van der Waals surface area contributed by atoms with Gasteiger partial charge < -0.3 is 25.8 Å². The molecule has 0 saturated carbocycles. The van der Waals surface area contributed by atoms with Gasteiger partial charge in [0.2, 0.25) is 17.3 Å². The van der Waals surface area contributed by atoms with Gasteiger partial charge in [-0.3, -0.25) is 14.1 Å². The van der Waals surface area contributed by atoms with Crippen molar-refractivity contribution < 1.29 is 37.2 Å². The molecular formula is C24H36ClN3O8S. The number of aliphatic hydroxyl groups is 1. The molecule has 1 fully saturated rings. The highest BCUT2D eigenvalue weighted by Gasteiger charge is 2.40. The molecule has 4 atom stereocenters. The van der Waals surface area contributed by atoms with E-state index in [1.807, 2.05) is 19.9 Å². The van der Waals surface area contributed by atoms with Crippen molar-refractivity contribution in [2.24, 2.45) is 11.3 Å². The highest BCUT2D eigenvalue weighted by Crippen LogP contribution is 2.27. The third kappa shape index (κ3) is 8.84. The van der Waals surface area contributed by atoms with E-state index in [0.717, 1.165) is 5.56 Å². The van der Waals surface area contributed by atoms with Gasteiger partial charge in [-0.25, -0.2) is 4.79 Å². The van der Waals surface area contributed by atoms with E-state index in [1.165, 1.54) is 0 Å². The summed E-state index contributed by atoms with van der Waals surface area (Å²) >= 11 is 6.06. The second-order valence-electron chi connectivity index (χ2n) is 10.9. The molecule has 3 amide bonds. The summed E-state index contributed by atoms with van der Waals surface area (Å²) in [5.41, 5.74) is -2.97. The Morgan fingerprint density at radius 2 is 1.86 bits per heavy atom. The van der Waals surface area contributed by atoms with Crippen LogP contribution in [0.1, 0.15) is 53.0 Å². The van der Waals surface area contributed by atoms with Gasteiger partial charge in [-0.1, -0.05) is 58.4 Å². The molecule has 208 valence electrons. The molecule has 1 aliphatic heterocycles. The van der Waals surface area contributed by atoms with Gasteiger partial charge >= 0.3 is 6.09 Å². The number of aliphatic hydroxyl groups excluding tert-OH is 1. The van der Waals surface area contributed by atoms with E-state index < -0.39 is 56.4 Å². The highest BCUT2D eigenvalue weighted by molar-refractivity contribution is 7.86. The van der Waals surface area contributed by atoms with Crippen molar-refractivity contribution in [3.05, 3.63) is 34.9 Å². The molecule has 1 aromatic rings. The van der Waals surface area contributed by atoms with E-state index in [-0.39, 0.29) is 18.9 Å². The Kier molecular flexibility index (Phi) is 9.97. The normalized spacial score (nSPS) is 18.9. The molecule has 1 saturated heterocycles. The van der Waals surface area contributed by atoms with Gasteiger partial charge in [-0.05, 0) is 36.0 Å². The monoisotopic (exact) mass is 561 g/mol. The van der Waals surface area contributed by atoms with Crippen molar-refractivity contribution in [2.75, 3.05) is 13.2 Å². The molecule has 1 aliphatic rings. The third-order valence-electron chi connectivity index (χ3n) is 6.24. The lowest BCUT2D eigenvalue weighted by Gasteiger charge is -2.33. The van der Waals surface area contributed by atoms with E-state index in [2.05, 4.69) is 16.0 Å². The van der Waals surface area contributed by atoms with Crippen molar-refractivity contribution in [1.82, 2.24) is 16.0 Å². The number of alkyl carbamates (subject to hydrolysis) is 1. The third-order valence-corrected chi connectivity index (χ3v) is 7.41. The Bertz CT molecular complexity index is 1100. The zero-order valence-electron chi connectivity index (χ0n) is 21.6. The van der Waals surface area contributed by atoms with Crippen LogP contribution in [-0.4, -0.2) is 66.7 Å². The van der Waals surface area contributed by atoms with Gasteiger partial charge in [0, 0.05) is 22.9 Å². The summed E-state index contributed by atoms with van der Waals surface area (Å²) in [6.07, 6.45) is -0.737. The number of hydrogen-bond donors (Lipinski definition) is 5. The predicted molar refractivity (Wildman–Crippen MR) is 137 cm³/mol. The van der Waals surface area contributed by atoms with E-state index in [1.54, 1.807) is 39.0 Å². The largest absolute Gasteiger partial charge is 0.449 e. The molecule has 0 aromatic heterocycles. The molecule has 11 nitrogen and oxygen atoms in total. The van der Waals surface area contributed by atoms with E-state index in [9.17, 15) is 32.5 Å². The zero-order valence-corrected chi connectivity index (χ0v) is 23.1. The van der Waals surface area contributed by atoms with Crippen molar-refractivity contribution in [3.8, 4) is 0 Å². The standard InChI is InChI=1S/C24H36ClN3O8S/c1-23(2,3)18(28-22(32)36-13-24(4,5)15-7-6-8-16(25)12-15)20(30)27-17(21(31)37(33,34)35)11-14-9-10-26-19(14)29/h6-8,12,14,17-18,21,31H,9-11,13H2,1-5H3,(H,26,29)(H,27,30)(H,28,32)(H,33,34,35)/t14-,17-,18+,21?/m0/s1. The number of carbonyl (C=O) groups excluding carboxylic acids is 3. The Morgan fingerprint density at radius 3 is 2.38 bits per heavy atom. The predicted octanol–water partition coefficient (Wildman–Crippen LogP) is 1.98. The number of halogens is 1. The van der Waals surface area contributed by atoms with Crippen molar-refractivity contribution >= 4 is 39.6 Å². The van der Waals surface area contributed by atoms with Crippen LogP contribution in [0.4, 0.5) is 4.79 Å². The molecule has 37 heavy (non-hydrogen) atoms. The number of rotatable bonds is 10. The molecule has 0 spiro atoms. The second kappa shape index (κ2) is 12.0. The SMILES string of the molecule is CC(C)(COC(=O)N[C@H](C(=O)N[C@@H](C[C@@H]1CCNC1=O)C(O)S(=O)(=O)O)C(C)(C)C)c1cccc(Cl)c1. The summed E-state index contributed by atoms with van der Waals surface area (Å²) in [4.78, 5) is 37.9. The minimum Gasteiger partial charge on any atom is -0.449 e. The number of ether oxygens (including phenoxy) is 1. The van der Waals surface area contributed by atoms with Gasteiger partial charge in [0.25, 0.3) is 10.1 Å². The van der Waals surface area contributed by atoms with E-state index in [0.29, 0.717) is 18.0 Å². The molecule has 1 heterocycles. The van der Waals surface area contributed by atoms with Crippen LogP contribution in [-0.2, 0) is 29.9 Å². The maximum absolute atomic E-state index is 13.2. The van der Waals surface area contributed by atoms with Crippen molar-refractivity contribution in [2.45, 2.75) is 70.4 Å². The van der Waals surface area contributed by atoms with Crippen LogP contribution in [0.5, 0.6) is 0 Å². The van der Waals surface area contributed by atoms with Gasteiger partial charge in [-0.2, -0.15) is 8.42 Å². The lowest BCUT2D eigenvalue weighted by atomic mass is 9.85. The van der Waals surface area contributed by atoms with Gasteiger partial charge in [-0.15, -0.1) is 0 Å². The first-order valence-corrected chi connectivity index (χ1v) is 13.7. The summed E-state index contributed by atoms with van der Waals surface area (Å²) in [5.74, 6) is -1.83. The Hall–Kier alpha value is -2.41. The van der Waals surface area contributed by atoms with Crippen LogP contribution < -0.4 is 16.0 Å². The number of hydrogen-bond acceptors (Lipinski definition) is 7. The van der Waals surface area contributed by atoms with Crippen LogP contribution >= 0.6 is 11.6 Å². The summed E-state index contributed by atoms with van der Waals surface area (Å²) in [7, 11) is -4.96. The fraction of sp³-hybridized carbons (Fsp3) is 0.625. The molecule has 1 unspecified atom stereocenters. The maximum Gasteiger partial charge on any atom is 0.407 e. The van der Waals surface area contributed by atoms with Gasteiger partial charge in [0.1, 0.15) is 12.6 Å². The minimum absolute atomic E-state index is 0.0292. The number of carbonyl (C=O) groups is 3. The molecule has 0 aliphatic carbocycles. The van der Waals surface area contributed by atoms with Gasteiger partial charge in [0.05, 0.1) is 6.04 Å². The highest BCUT2D eigenvalue weighted by atomic mass is 35.5. The Balaban J connectivity index is 2.14. The zero-order chi connectivity index (χ0) is 28.2. The molecule has 0 bridgehead atoms. The summed E-state index contributed by atoms with van der Waals surface area (Å²) < 4.78 is 38.0. The fourth-order valence-corrected chi connectivity index (χ4v) is 4.75. The average molecular weight is 562 g/mol. The Labute approximate surface area is 222 Å². The topological polar surface area (TPSA) is 171 Å². The van der Waals surface area contributed by atoms with Crippen molar-refractivity contribution in [3.63, 3.8) is 0 Å². The summed E-state index contributed by atoms with van der Waals surface area (Å²) in [6.45, 7) is 9.08. The van der Waals surface area contributed by atoms with Crippen LogP contribution in [0, 0.1) is 11.3 Å². The number of nitrogens with one attached hydrogen (secondary N) is 3. The molecule has 1 aromatic carbocycles. The first kappa shape index (κ1) is 30.8. The fourth-order valence-electron chi connectivity index (χ4n) is 3.97. The number of benzene rings is 1. The van der Waals surface area contributed by atoms with E-state index >= 15 is 0 Å². The summed E-state index contributed by atoms with van der Waals surface area (Å²) in [5, 5.41) is 18.2. The first-order chi connectivity index (χ1) is 16.9. The van der Waals surface area contributed by atoms with Crippen molar-refractivity contribution in [1.29, 1.82) is 0 Å². The number of amides is 3. The van der Waals surface area contributed by atoms with Crippen LogP contribution in [0.15, 0.2) is 24.3 Å². The molecular weight excluding hydrogens is 526 g/mol. The van der Waals surface area contributed by atoms with Gasteiger partial charge in [0.15, 0.2) is 0 Å². The van der Waals surface area contributed by atoms with Crippen LogP contribution in [0.2, 0.25) is 5.02 Å².